The third kappa shape index (κ3) is 5.14. The molecule has 0 bridgehead atoms. The molecule has 0 unspecified atom stereocenters. The molecule has 1 fully saturated rings. The molecule has 5 rings (SSSR count). The zero-order valence-electron chi connectivity index (χ0n) is 22.9. The first-order valence-corrected chi connectivity index (χ1v) is 13.8. The average molecular weight is 561 g/mol. The second-order valence-corrected chi connectivity index (χ2v) is 10.6. The van der Waals surface area contributed by atoms with Crippen LogP contribution in [0.4, 0.5) is 5.69 Å². The molecule has 39 heavy (non-hydrogen) atoms. The second kappa shape index (κ2) is 11.4. The number of hydrogen-bond acceptors (Lipinski definition) is 4. The summed E-state index contributed by atoms with van der Waals surface area (Å²) in [6.07, 6.45) is 1.82. The van der Waals surface area contributed by atoms with Crippen molar-refractivity contribution in [2.45, 2.75) is 39.8 Å². The maximum Gasteiger partial charge on any atom is 0.174 e. The lowest BCUT2D eigenvalue weighted by Gasteiger charge is -2.28. The Balaban J connectivity index is 1.62. The van der Waals surface area contributed by atoms with Crippen LogP contribution in [0, 0.1) is 27.7 Å². The maximum absolute atomic E-state index is 6.68. The van der Waals surface area contributed by atoms with Gasteiger partial charge in [-0.1, -0.05) is 29.8 Å². The number of aromatic nitrogens is 2. The molecular weight excluding hydrogens is 528 g/mol. The first kappa shape index (κ1) is 27.2. The molecule has 8 heteroatoms. The molecular formula is C31H33ClN4O2S. The van der Waals surface area contributed by atoms with E-state index in [1.54, 1.807) is 7.11 Å². The standard InChI is InChI=1S/C31H33ClN4O2S/c1-19-9-8-11-27(21(19)3)35-20(2)17-24(22(35)4)30-29(26-10-6-7-14-33-26)34-31(39)36(30)23-12-13-28(25(32)18-23)38-16-15-37-5/h6-14,17-18,29-30H,15-16H2,1-5H3,(H,34,39)/t29-,30+/m0/s1. The van der Waals surface area contributed by atoms with Gasteiger partial charge in [-0.15, -0.1) is 0 Å². The Morgan fingerprint density at radius 2 is 1.82 bits per heavy atom. The van der Waals surface area contributed by atoms with Crippen molar-refractivity contribution in [1.29, 1.82) is 0 Å². The summed E-state index contributed by atoms with van der Waals surface area (Å²) in [5.74, 6) is 0.612. The zero-order chi connectivity index (χ0) is 27.7. The summed E-state index contributed by atoms with van der Waals surface area (Å²) in [4.78, 5) is 6.85. The van der Waals surface area contributed by atoms with Gasteiger partial charge in [-0.2, -0.15) is 0 Å². The minimum atomic E-state index is -0.150. The normalized spacial score (nSPS) is 17.0. The van der Waals surface area contributed by atoms with Crippen molar-refractivity contribution in [3.8, 4) is 11.4 Å². The van der Waals surface area contributed by atoms with E-state index in [1.165, 1.54) is 22.4 Å². The smallest absolute Gasteiger partial charge is 0.174 e. The van der Waals surface area contributed by atoms with Gasteiger partial charge < -0.3 is 24.3 Å². The lowest BCUT2D eigenvalue weighted by molar-refractivity contribution is 0.146. The van der Waals surface area contributed by atoms with E-state index in [0.717, 1.165) is 22.8 Å². The van der Waals surface area contributed by atoms with Gasteiger partial charge in [0, 0.05) is 36.1 Å². The highest BCUT2D eigenvalue weighted by Crippen LogP contribution is 2.45. The van der Waals surface area contributed by atoms with Gasteiger partial charge in [-0.05, 0) is 99.1 Å². The van der Waals surface area contributed by atoms with Crippen LogP contribution >= 0.6 is 23.8 Å². The van der Waals surface area contributed by atoms with E-state index in [9.17, 15) is 0 Å². The molecule has 1 aliphatic rings. The van der Waals surface area contributed by atoms with Crippen molar-refractivity contribution < 1.29 is 9.47 Å². The lowest BCUT2D eigenvalue weighted by atomic mass is 9.96. The summed E-state index contributed by atoms with van der Waals surface area (Å²) in [6, 6.07) is 20.2. The summed E-state index contributed by atoms with van der Waals surface area (Å²) in [7, 11) is 1.64. The molecule has 2 aromatic heterocycles. The van der Waals surface area contributed by atoms with Crippen LogP contribution in [-0.4, -0.2) is 35.0 Å². The van der Waals surface area contributed by atoms with E-state index in [4.69, 9.17) is 38.3 Å². The number of rotatable bonds is 8. The van der Waals surface area contributed by atoms with Crippen LogP contribution < -0.4 is 15.0 Å². The van der Waals surface area contributed by atoms with Gasteiger partial charge in [0.1, 0.15) is 12.4 Å². The number of hydrogen-bond donors (Lipinski definition) is 1. The molecule has 4 aromatic rings. The largest absolute Gasteiger partial charge is 0.490 e. The van der Waals surface area contributed by atoms with Gasteiger partial charge in [-0.25, -0.2) is 0 Å². The highest BCUT2D eigenvalue weighted by Gasteiger charge is 2.42. The summed E-state index contributed by atoms with van der Waals surface area (Å²) >= 11 is 12.6. The van der Waals surface area contributed by atoms with Crippen LogP contribution in [-0.2, 0) is 4.74 Å². The van der Waals surface area contributed by atoms with Gasteiger partial charge in [0.05, 0.1) is 29.4 Å². The molecule has 0 aliphatic carbocycles. The Hall–Kier alpha value is -3.39. The van der Waals surface area contributed by atoms with Crippen molar-refractivity contribution in [3.63, 3.8) is 0 Å². The minimum absolute atomic E-state index is 0.145. The first-order chi connectivity index (χ1) is 18.8. The Morgan fingerprint density at radius 3 is 2.54 bits per heavy atom. The minimum Gasteiger partial charge on any atom is -0.490 e. The SMILES string of the molecule is COCCOc1ccc(N2C(=S)N[C@@H](c3ccccn3)[C@H]2c2cc(C)n(-c3cccc(C)c3C)c2C)cc1Cl. The fourth-order valence-electron chi connectivity index (χ4n) is 5.38. The van der Waals surface area contributed by atoms with Crippen LogP contribution in [0.2, 0.25) is 5.02 Å². The topological polar surface area (TPSA) is 51.6 Å². The van der Waals surface area contributed by atoms with Gasteiger partial charge >= 0.3 is 0 Å². The van der Waals surface area contributed by atoms with E-state index >= 15 is 0 Å². The van der Waals surface area contributed by atoms with Gasteiger partial charge in [-0.3, -0.25) is 4.98 Å². The van der Waals surface area contributed by atoms with Crippen molar-refractivity contribution in [1.82, 2.24) is 14.9 Å². The molecule has 1 N–H and O–H groups in total. The quantitative estimate of drug-likeness (QED) is 0.186. The monoisotopic (exact) mass is 560 g/mol. The zero-order valence-corrected chi connectivity index (χ0v) is 24.4. The van der Waals surface area contributed by atoms with Crippen molar-refractivity contribution >= 4 is 34.6 Å². The number of thiocarbonyl (C=S) groups is 1. The number of methoxy groups -OCH3 is 1. The molecule has 0 saturated carbocycles. The number of halogens is 1. The van der Waals surface area contributed by atoms with E-state index in [1.807, 2.05) is 42.6 Å². The van der Waals surface area contributed by atoms with Crippen molar-refractivity contribution in [3.05, 3.63) is 106 Å². The van der Waals surface area contributed by atoms with E-state index in [-0.39, 0.29) is 12.1 Å². The third-order valence-electron chi connectivity index (χ3n) is 7.44. The summed E-state index contributed by atoms with van der Waals surface area (Å²) in [5.41, 5.74) is 9.02. The van der Waals surface area contributed by atoms with E-state index < -0.39 is 0 Å². The van der Waals surface area contributed by atoms with Gasteiger partial charge in [0.15, 0.2) is 5.11 Å². The Bertz CT molecular complexity index is 1500. The fourth-order valence-corrected chi connectivity index (χ4v) is 5.95. The number of nitrogens with one attached hydrogen (secondary N) is 1. The van der Waals surface area contributed by atoms with Crippen LogP contribution in [0.3, 0.4) is 0 Å². The lowest BCUT2D eigenvalue weighted by Crippen LogP contribution is -2.29. The summed E-state index contributed by atoms with van der Waals surface area (Å²) < 4.78 is 13.2. The Kier molecular flexibility index (Phi) is 7.93. The molecule has 0 amide bonds. The molecule has 2 aromatic carbocycles. The van der Waals surface area contributed by atoms with Crippen molar-refractivity contribution in [2.75, 3.05) is 25.2 Å². The number of nitrogens with zero attached hydrogens (tertiary/aromatic N) is 3. The summed E-state index contributed by atoms with van der Waals surface area (Å²) in [6.45, 7) is 9.58. The van der Waals surface area contributed by atoms with Crippen LogP contribution in [0.1, 0.15) is 45.9 Å². The molecule has 0 spiro atoms. The van der Waals surface area contributed by atoms with Crippen LogP contribution in [0.25, 0.3) is 5.69 Å². The fraction of sp³-hybridized carbons (Fsp3) is 0.290. The number of ether oxygens (including phenoxy) is 2. The molecule has 202 valence electrons. The maximum atomic E-state index is 6.68. The third-order valence-corrected chi connectivity index (χ3v) is 8.05. The Labute approximate surface area is 240 Å². The van der Waals surface area contributed by atoms with Crippen molar-refractivity contribution in [2.24, 2.45) is 0 Å². The predicted octanol–water partition coefficient (Wildman–Crippen LogP) is 6.96. The first-order valence-electron chi connectivity index (χ1n) is 13.0. The molecule has 6 nitrogen and oxygen atoms in total. The van der Waals surface area contributed by atoms with Crippen LogP contribution in [0.5, 0.6) is 5.75 Å². The molecule has 3 heterocycles. The van der Waals surface area contributed by atoms with E-state index in [2.05, 4.69) is 66.7 Å². The van der Waals surface area contributed by atoms with Gasteiger partial charge in [0.25, 0.3) is 0 Å². The van der Waals surface area contributed by atoms with Crippen LogP contribution in [0.15, 0.2) is 66.9 Å². The van der Waals surface area contributed by atoms with Gasteiger partial charge in [0.2, 0.25) is 0 Å². The molecule has 2 atom stereocenters. The second-order valence-electron chi connectivity index (χ2n) is 9.83. The summed E-state index contributed by atoms with van der Waals surface area (Å²) in [5, 5.41) is 4.70. The Morgan fingerprint density at radius 1 is 1.00 bits per heavy atom. The molecule has 1 saturated heterocycles. The number of aryl methyl sites for hydroxylation is 2. The number of anilines is 1. The molecule has 0 radical (unpaired) electrons. The molecule has 1 aliphatic heterocycles. The predicted molar refractivity (Wildman–Crippen MR) is 161 cm³/mol. The average Bonchev–Trinajstić information content (AvgIpc) is 3.42. The number of pyridine rings is 1. The number of benzene rings is 2. The highest BCUT2D eigenvalue weighted by molar-refractivity contribution is 7.80. The van der Waals surface area contributed by atoms with E-state index in [0.29, 0.717) is 29.1 Å². The highest BCUT2D eigenvalue weighted by atomic mass is 35.5.